The number of rotatable bonds is 5. The molecule has 0 aliphatic carbocycles. The van der Waals surface area contributed by atoms with Crippen molar-refractivity contribution in [3.63, 3.8) is 0 Å². The number of benzene rings is 1. The van der Waals surface area contributed by atoms with Crippen LogP contribution in [0.25, 0.3) is 0 Å². The predicted octanol–water partition coefficient (Wildman–Crippen LogP) is 2.48. The van der Waals surface area contributed by atoms with Crippen LogP contribution in [0.1, 0.15) is 17.3 Å². The van der Waals surface area contributed by atoms with Crippen LogP contribution in [-0.4, -0.2) is 35.8 Å². The first-order valence-corrected chi connectivity index (χ1v) is 6.02. The van der Waals surface area contributed by atoms with Gasteiger partial charge in [0.05, 0.1) is 16.6 Å². The van der Waals surface area contributed by atoms with Crippen molar-refractivity contribution in [2.24, 2.45) is 0 Å². The number of hydrogen-bond donors (Lipinski definition) is 2. The lowest BCUT2D eigenvalue weighted by Crippen LogP contribution is -2.44. The lowest BCUT2D eigenvalue weighted by molar-refractivity contribution is -0.174. The summed E-state index contributed by atoms with van der Waals surface area (Å²) in [4.78, 5) is 21.4. The zero-order valence-electron chi connectivity index (χ0n) is 10.7. The Morgan fingerprint density at radius 1 is 1.43 bits per heavy atom. The molecule has 0 saturated heterocycles. The number of ether oxygens (including phenoxy) is 1. The highest BCUT2D eigenvalue weighted by Crippen LogP contribution is 2.25. The molecule has 0 aliphatic heterocycles. The number of aromatic carboxylic acids is 1. The molecule has 1 atom stereocenters. The molecule has 116 valence electrons. The molecule has 0 aliphatic rings. The Bertz CT molecular complexity index is 548. The molecule has 0 fully saturated rings. The molecular formula is C12H11ClF3NO4. The molecule has 1 amide bonds. The maximum atomic E-state index is 12.0. The lowest BCUT2D eigenvalue weighted by Gasteiger charge is -2.16. The molecule has 1 rings (SSSR count). The monoisotopic (exact) mass is 325 g/mol. The van der Waals surface area contributed by atoms with E-state index < -0.39 is 24.1 Å². The predicted molar refractivity (Wildman–Crippen MR) is 67.6 cm³/mol. The van der Waals surface area contributed by atoms with Crippen LogP contribution in [0.4, 0.5) is 13.2 Å². The van der Waals surface area contributed by atoms with Gasteiger partial charge in [0.1, 0.15) is 12.4 Å². The maximum Gasteiger partial charge on any atom is 0.471 e. The molecule has 0 saturated carbocycles. The second kappa shape index (κ2) is 6.66. The fraction of sp³-hybridized carbons (Fsp3) is 0.333. The van der Waals surface area contributed by atoms with Gasteiger partial charge in [0.15, 0.2) is 0 Å². The molecule has 0 radical (unpaired) electrons. The van der Waals surface area contributed by atoms with E-state index in [1.165, 1.54) is 19.1 Å². The number of nitrogens with one attached hydrogen (secondary N) is 1. The molecule has 9 heteroatoms. The SMILES string of the molecule is C[C@@H](COc1ccc(C(=O)O)cc1Cl)NC(=O)C(F)(F)F. The molecule has 0 aromatic heterocycles. The van der Waals surface area contributed by atoms with Crippen molar-refractivity contribution in [1.82, 2.24) is 5.32 Å². The Balaban J connectivity index is 2.59. The molecule has 0 unspecified atom stereocenters. The summed E-state index contributed by atoms with van der Waals surface area (Å²) >= 11 is 5.78. The normalized spacial score (nSPS) is 12.6. The zero-order valence-corrected chi connectivity index (χ0v) is 11.5. The van der Waals surface area contributed by atoms with Gasteiger partial charge in [-0.15, -0.1) is 0 Å². The Hall–Kier alpha value is -1.96. The Labute approximate surface area is 122 Å². The number of carboxylic acid groups (broad SMARTS) is 1. The summed E-state index contributed by atoms with van der Waals surface area (Å²) < 4.78 is 41.2. The molecule has 0 heterocycles. The molecule has 21 heavy (non-hydrogen) atoms. The van der Waals surface area contributed by atoms with Crippen LogP contribution < -0.4 is 10.1 Å². The number of carbonyl (C=O) groups excluding carboxylic acids is 1. The second-order valence-electron chi connectivity index (χ2n) is 4.13. The van der Waals surface area contributed by atoms with Gasteiger partial charge in [-0.2, -0.15) is 13.2 Å². The molecule has 1 aromatic carbocycles. The molecule has 0 spiro atoms. The number of carboxylic acids is 1. The van der Waals surface area contributed by atoms with Gasteiger partial charge < -0.3 is 15.2 Å². The molecule has 0 bridgehead atoms. The van der Waals surface area contributed by atoms with Crippen LogP contribution in [0.3, 0.4) is 0 Å². The van der Waals surface area contributed by atoms with Crippen LogP contribution >= 0.6 is 11.6 Å². The van der Waals surface area contributed by atoms with E-state index in [4.69, 9.17) is 21.4 Å². The first-order chi connectivity index (χ1) is 9.61. The standard InChI is InChI=1S/C12H11ClF3NO4/c1-6(17-11(20)12(14,15)16)5-21-9-3-2-7(10(18)19)4-8(9)13/h2-4,6H,5H2,1H3,(H,17,20)(H,18,19)/t6-/m0/s1. The summed E-state index contributed by atoms with van der Waals surface area (Å²) in [6.07, 6.45) is -4.96. The van der Waals surface area contributed by atoms with Gasteiger partial charge in [-0.05, 0) is 25.1 Å². The number of halogens is 4. The highest BCUT2D eigenvalue weighted by molar-refractivity contribution is 6.32. The molecule has 5 nitrogen and oxygen atoms in total. The highest BCUT2D eigenvalue weighted by Gasteiger charge is 2.39. The minimum atomic E-state index is -4.96. The third-order valence-corrected chi connectivity index (χ3v) is 2.60. The van der Waals surface area contributed by atoms with E-state index in [2.05, 4.69) is 0 Å². The van der Waals surface area contributed by atoms with Crippen molar-refractivity contribution in [3.8, 4) is 5.75 Å². The van der Waals surface area contributed by atoms with Crippen molar-refractivity contribution in [3.05, 3.63) is 28.8 Å². The van der Waals surface area contributed by atoms with Gasteiger partial charge in [-0.1, -0.05) is 11.6 Å². The molecule has 2 N–H and O–H groups in total. The van der Waals surface area contributed by atoms with Crippen molar-refractivity contribution < 1.29 is 32.6 Å². The topological polar surface area (TPSA) is 75.6 Å². The van der Waals surface area contributed by atoms with Gasteiger partial charge in [0.25, 0.3) is 0 Å². The first-order valence-electron chi connectivity index (χ1n) is 5.64. The quantitative estimate of drug-likeness (QED) is 0.872. The van der Waals surface area contributed by atoms with Crippen molar-refractivity contribution in [1.29, 1.82) is 0 Å². The van der Waals surface area contributed by atoms with Gasteiger partial charge >= 0.3 is 18.1 Å². The summed E-state index contributed by atoms with van der Waals surface area (Å²) in [6.45, 7) is 1.07. The van der Waals surface area contributed by atoms with Crippen LogP contribution in [0.2, 0.25) is 5.02 Å². The van der Waals surface area contributed by atoms with Crippen molar-refractivity contribution in [2.75, 3.05) is 6.61 Å². The zero-order chi connectivity index (χ0) is 16.2. The number of alkyl halides is 3. The molecular weight excluding hydrogens is 315 g/mol. The van der Waals surface area contributed by atoms with Crippen molar-refractivity contribution in [2.45, 2.75) is 19.1 Å². The number of carbonyl (C=O) groups is 2. The van der Waals surface area contributed by atoms with Crippen LogP contribution in [0, 0.1) is 0 Å². The third-order valence-electron chi connectivity index (χ3n) is 2.30. The third kappa shape index (κ3) is 5.14. The number of hydrogen-bond acceptors (Lipinski definition) is 3. The second-order valence-corrected chi connectivity index (χ2v) is 4.54. The van der Waals surface area contributed by atoms with Gasteiger partial charge in [-0.25, -0.2) is 4.79 Å². The van der Waals surface area contributed by atoms with Crippen molar-refractivity contribution >= 4 is 23.5 Å². The van der Waals surface area contributed by atoms with Crippen LogP contribution in [-0.2, 0) is 4.79 Å². The summed E-state index contributed by atoms with van der Waals surface area (Å²) in [7, 11) is 0. The fourth-order valence-corrected chi connectivity index (χ4v) is 1.55. The van der Waals surface area contributed by atoms with E-state index in [0.717, 1.165) is 6.07 Å². The van der Waals surface area contributed by atoms with E-state index in [-0.39, 0.29) is 22.9 Å². The summed E-state index contributed by atoms with van der Waals surface area (Å²) in [6, 6.07) is 2.76. The van der Waals surface area contributed by atoms with Gasteiger partial charge in [0, 0.05) is 0 Å². The van der Waals surface area contributed by atoms with E-state index in [0.29, 0.717) is 0 Å². The average Bonchev–Trinajstić information content (AvgIpc) is 2.35. The fourth-order valence-electron chi connectivity index (χ4n) is 1.31. The largest absolute Gasteiger partial charge is 0.490 e. The van der Waals surface area contributed by atoms with Crippen LogP contribution in [0.15, 0.2) is 18.2 Å². The maximum absolute atomic E-state index is 12.0. The van der Waals surface area contributed by atoms with E-state index in [9.17, 15) is 22.8 Å². The first kappa shape index (κ1) is 17.1. The summed E-state index contributed by atoms with van der Waals surface area (Å²) in [5.41, 5.74) is -0.0502. The van der Waals surface area contributed by atoms with E-state index >= 15 is 0 Å². The Morgan fingerprint density at radius 3 is 2.52 bits per heavy atom. The minimum absolute atomic E-state index is 0.00393. The van der Waals surface area contributed by atoms with Gasteiger partial charge in [-0.3, -0.25) is 4.79 Å². The van der Waals surface area contributed by atoms with E-state index in [1.807, 2.05) is 0 Å². The number of amides is 1. The smallest absolute Gasteiger partial charge is 0.471 e. The highest BCUT2D eigenvalue weighted by atomic mass is 35.5. The minimum Gasteiger partial charge on any atom is -0.490 e. The Morgan fingerprint density at radius 2 is 2.05 bits per heavy atom. The average molecular weight is 326 g/mol. The summed E-state index contributed by atoms with van der Waals surface area (Å²) in [5.74, 6) is -3.13. The van der Waals surface area contributed by atoms with E-state index in [1.54, 1.807) is 5.32 Å². The molecule has 1 aromatic rings. The lowest BCUT2D eigenvalue weighted by atomic mass is 10.2. The van der Waals surface area contributed by atoms with Crippen LogP contribution in [0.5, 0.6) is 5.75 Å². The summed E-state index contributed by atoms with van der Waals surface area (Å²) in [5, 5.41) is 10.5. The Kier molecular flexibility index (Phi) is 5.42. The van der Waals surface area contributed by atoms with Gasteiger partial charge in [0.2, 0.25) is 0 Å².